The van der Waals surface area contributed by atoms with Gasteiger partial charge >= 0.3 is 0 Å². The molecule has 0 amide bonds. The van der Waals surface area contributed by atoms with E-state index in [0.29, 0.717) is 6.07 Å². The summed E-state index contributed by atoms with van der Waals surface area (Å²) in [5, 5.41) is 63.4. The van der Waals surface area contributed by atoms with E-state index in [-0.39, 0.29) is 75.9 Å². The van der Waals surface area contributed by atoms with E-state index in [2.05, 4.69) is 36.1 Å². The Labute approximate surface area is 351 Å². The van der Waals surface area contributed by atoms with Gasteiger partial charge in [-0.2, -0.15) is 30.5 Å². The van der Waals surface area contributed by atoms with Gasteiger partial charge in [-0.25, -0.2) is 4.98 Å². The number of hydrogen-bond acceptors (Lipinski definition) is 20. The lowest BCUT2D eigenvalue weighted by Crippen LogP contribution is -2.05. The van der Waals surface area contributed by atoms with E-state index >= 15 is 0 Å². The van der Waals surface area contributed by atoms with Crippen LogP contribution in [0.3, 0.4) is 0 Å². The number of pyridine rings is 1. The topological polar surface area (TPSA) is 375 Å². The van der Waals surface area contributed by atoms with Crippen LogP contribution in [0, 0.1) is 28.4 Å². The Morgan fingerprint density at radius 3 is 1.55 bits per heavy atom. The van der Waals surface area contributed by atoms with Crippen LogP contribution in [0.1, 0.15) is 11.1 Å². The molecule has 5 rings (SSSR count). The minimum Gasteiger partial charge on any atom is -0.489 e. The van der Waals surface area contributed by atoms with Gasteiger partial charge in [0.15, 0.2) is 17.3 Å². The summed E-state index contributed by atoms with van der Waals surface area (Å²) in [7, 11) is -13.9. The van der Waals surface area contributed by atoms with Crippen molar-refractivity contribution in [3.8, 4) is 17.6 Å². The molecule has 0 radical (unpaired) electrons. The first-order valence-electron chi connectivity index (χ1n) is 17.1. The Morgan fingerprint density at radius 2 is 1.11 bits per heavy atom. The smallest absolute Gasteiger partial charge is 0.298 e. The maximum Gasteiger partial charge on any atom is 0.298 e. The van der Waals surface area contributed by atoms with Crippen molar-refractivity contribution >= 4 is 81.8 Å². The van der Waals surface area contributed by atoms with Crippen LogP contribution in [-0.4, -0.2) is 85.5 Å². The number of azo groups is 2. The summed E-state index contributed by atoms with van der Waals surface area (Å²) in [6, 6.07) is 16.3. The summed E-state index contributed by atoms with van der Waals surface area (Å²) in [6.45, 7) is -0.126. The normalized spacial score (nSPS) is 12.0. The summed E-state index contributed by atoms with van der Waals surface area (Å²) >= 11 is 0. The number of aromatic nitrogens is 1. The third-order valence-electron chi connectivity index (χ3n) is 8.06. The van der Waals surface area contributed by atoms with Crippen molar-refractivity contribution in [3.63, 3.8) is 0 Å². The lowest BCUT2D eigenvalue weighted by atomic mass is 10.1. The molecule has 0 aliphatic heterocycles. The van der Waals surface area contributed by atoms with Gasteiger partial charge in [0.2, 0.25) is 0 Å². The highest BCUT2D eigenvalue weighted by molar-refractivity contribution is 7.86. The summed E-state index contributed by atoms with van der Waals surface area (Å²) in [5.41, 5.74) is -1.11. The van der Waals surface area contributed by atoms with Crippen LogP contribution in [0.15, 0.2) is 114 Å². The summed E-state index contributed by atoms with van der Waals surface area (Å²) in [5.74, 6) is -0.439. The third-order valence-corrected chi connectivity index (χ3v) is 10.6. The molecular weight excluding hydrogens is 883 g/mol. The monoisotopic (exact) mass is 913 g/mol. The lowest BCUT2D eigenvalue weighted by molar-refractivity contribution is -0.384. The number of nitrogens with zero attached hydrogens (tertiary/aromatic N) is 7. The molecule has 0 aliphatic carbocycles. The van der Waals surface area contributed by atoms with E-state index in [4.69, 9.17) is 9.47 Å². The van der Waals surface area contributed by atoms with Crippen molar-refractivity contribution in [2.24, 2.45) is 20.5 Å². The number of benzene rings is 4. The molecule has 7 N–H and O–H groups in total. The molecule has 0 spiro atoms. The summed E-state index contributed by atoms with van der Waals surface area (Å²) in [4.78, 5) is 13.7. The molecular formula is C35H31N9O15S3. The highest BCUT2D eigenvalue weighted by Crippen LogP contribution is 2.44. The molecule has 0 saturated carbocycles. The van der Waals surface area contributed by atoms with Crippen LogP contribution in [0.5, 0.6) is 11.5 Å². The Morgan fingerprint density at radius 1 is 0.677 bits per heavy atom. The van der Waals surface area contributed by atoms with Crippen molar-refractivity contribution in [3.05, 3.63) is 100 Å². The van der Waals surface area contributed by atoms with E-state index in [1.165, 1.54) is 43.3 Å². The Bertz CT molecular complexity index is 2960. The molecule has 0 unspecified atom stereocenters. The maximum absolute atomic E-state index is 11.7. The predicted octanol–water partition coefficient (Wildman–Crippen LogP) is 5.97. The van der Waals surface area contributed by atoms with Gasteiger partial charge in [-0.1, -0.05) is 0 Å². The first-order chi connectivity index (χ1) is 29.2. The number of hydrogen-bond donors (Lipinski definition) is 7. The second-order valence-corrected chi connectivity index (χ2v) is 16.5. The average molecular weight is 914 g/mol. The minimum atomic E-state index is -4.81. The number of rotatable bonds is 18. The number of aliphatic hydroxyl groups excluding tert-OH is 2. The number of ether oxygens (including phenoxy) is 2. The Hall–Kier alpha value is -7.03. The third kappa shape index (κ3) is 11.4. The quantitative estimate of drug-likeness (QED) is 0.0230. The van der Waals surface area contributed by atoms with E-state index in [0.717, 1.165) is 36.4 Å². The van der Waals surface area contributed by atoms with Crippen LogP contribution >= 0.6 is 0 Å². The molecule has 62 heavy (non-hydrogen) atoms. The Balaban J connectivity index is 1.65. The van der Waals surface area contributed by atoms with Crippen molar-refractivity contribution in [1.82, 2.24) is 4.98 Å². The standard InChI is InChI=1S/C35H31N9O15S3/c1-20-26(19-36)34(37-21-2-6-23(7-3-21)60(49,50)51)39-35(38-22-4-8-24(9-5-22)61(52,53)54)33(20)43-42-29-18-31(58-14-12-45)28(17-32(29)59-15-13-46)41-40-27-11-10-25(62(55,56)57)16-30(27)44(47)48/h2-11,16-18,45-46H,12-15H2,1H3,(H2,37,38,39)(H,49,50,51)(H,52,53,54)(H,55,56,57). The zero-order valence-corrected chi connectivity index (χ0v) is 34.0. The van der Waals surface area contributed by atoms with Crippen LogP contribution in [0.25, 0.3) is 0 Å². The van der Waals surface area contributed by atoms with Gasteiger partial charge in [0.05, 0.1) is 33.5 Å². The van der Waals surface area contributed by atoms with E-state index < -0.39 is 74.6 Å². The van der Waals surface area contributed by atoms with Gasteiger partial charge in [0.1, 0.15) is 52.7 Å². The highest BCUT2D eigenvalue weighted by Gasteiger charge is 2.22. The lowest BCUT2D eigenvalue weighted by Gasteiger charge is -2.16. The minimum absolute atomic E-state index is 0.0742. The molecule has 24 nitrogen and oxygen atoms in total. The molecule has 324 valence electrons. The molecule has 27 heteroatoms. The Kier molecular flexibility index (Phi) is 14.2. The van der Waals surface area contributed by atoms with Crippen LogP contribution in [0.2, 0.25) is 0 Å². The number of aliphatic hydroxyl groups is 2. The average Bonchev–Trinajstić information content (AvgIpc) is 3.21. The number of nitriles is 1. The van der Waals surface area contributed by atoms with Gasteiger partial charge in [0, 0.05) is 35.1 Å². The number of nitro groups is 1. The second-order valence-electron chi connectivity index (χ2n) is 12.2. The van der Waals surface area contributed by atoms with Crippen LogP contribution in [-0.2, 0) is 30.4 Å². The first kappa shape index (κ1) is 46.0. The zero-order chi connectivity index (χ0) is 45.4. The second kappa shape index (κ2) is 19.1. The van der Waals surface area contributed by atoms with E-state index in [1.54, 1.807) is 0 Å². The summed E-state index contributed by atoms with van der Waals surface area (Å²) in [6.07, 6.45) is 0. The van der Waals surface area contributed by atoms with Crippen LogP contribution in [0.4, 0.5) is 51.4 Å². The van der Waals surface area contributed by atoms with Crippen molar-refractivity contribution in [2.75, 3.05) is 37.1 Å². The molecule has 5 aromatic rings. The fraction of sp³-hybridized carbons (Fsp3) is 0.143. The van der Waals surface area contributed by atoms with Gasteiger partial charge in [-0.15, -0.1) is 20.5 Å². The number of anilines is 4. The molecule has 4 aromatic carbocycles. The largest absolute Gasteiger partial charge is 0.489 e. The molecule has 1 heterocycles. The van der Waals surface area contributed by atoms with Gasteiger partial charge in [-0.3, -0.25) is 23.8 Å². The predicted molar refractivity (Wildman–Crippen MR) is 216 cm³/mol. The molecule has 0 atom stereocenters. The number of nitro benzene ring substituents is 1. The zero-order valence-electron chi connectivity index (χ0n) is 31.5. The van der Waals surface area contributed by atoms with E-state index in [9.17, 15) is 64.5 Å². The maximum atomic E-state index is 11.7. The van der Waals surface area contributed by atoms with Crippen molar-refractivity contribution in [1.29, 1.82) is 5.26 Å². The van der Waals surface area contributed by atoms with Crippen molar-refractivity contribution < 1.29 is 63.5 Å². The van der Waals surface area contributed by atoms with Gasteiger partial charge in [0.25, 0.3) is 36.0 Å². The van der Waals surface area contributed by atoms with Crippen molar-refractivity contribution in [2.45, 2.75) is 21.6 Å². The van der Waals surface area contributed by atoms with Gasteiger partial charge < -0.3 is 30.3 Å². The molecule has 0 aliphatic rings. The van der Waals surface area contributed by atoms with Gasteiger partial charge in [-0.05, 0) is 67.6 Å². The molecule has 0 saturated heterocycles. The molecule has 1 aromatic heterocycles. The fourth-order valence-corrected chi connectivity index (χ4v) is 6.63. The first-order valence-corrected chi connectivity index (χ1v) is 21.4. The molecule has 0 fully saturated rings. The SMILES string of the molecule is Cc1c(C#N)c(Nc2ccc(S(=O)(=O)O)cc2)nc(Nc2ccc(S(=O)(=O)O)cc2)c1N=Nc1cc(OCCO)c(N=Nc2ccc(S(=O)(=O)O)cc2[N+](=O)[O-])cc1OCCO. The summed E-state index contributed by atoms with van der Waals surface area (Å²) < 4.78 is 109. The molecule has 0 bridgehead atoms. The number of nitrogens with one attached hydrogen (secondary N) is 2. The fourth-order valence-electron chi connectivity index (χ4n) is 5.17. The van der Waals surface area contributed by atoms with Crippen LogP contribution < -0.4 is 20.1 Å². The van der Waals surface area contributed by atoms with E-state index in [1.807, 2.05) is 6.07 Å². The highest BCUT2D eigenvalue weighted by atomic mass is 32.2.